The number of halogens is 2. The molecule has 0 saturated heterocycles. The number of anilines is 1. The zero-order valence-electron chi connectivity index (χ0n) is 21.0. The molecule has 4 aromatic rings. The molecular formula is C26H20Cl2N3NaO6S. The largest absolute Gasteiger partial charge is 1.00 e. The molecule has 2 N–H and O–H groups in total. The summed E-state index contributed by atoms with van der Waals surface area (Å²) in [5.41, 5.74) is -0.255. The second-order valence-electron chi connectivity index (χ2n) is 8.04. The molecule has 0 atom stereocenters. The molecule has 0 radical (unpaired) electrons. The first-order valence-corrected chi connectivity index (χ1v) is 13.3. The van der Waals surface area contributed by atoms with Crippen LogP contribution >= 0.6 is 23.2 Å². The summed E-state index contributed by atoms with van der Waals surface area (Å²) >= 11 is 12.4. The van der Waals surface area contributed by atoms with Crippen LogP contribution in [0.3, 0.4) is 0 Å². The van der Waals surface area contributed by atoms with E-state index in [0.717, 1.165) is 0 Å². The van der Waals surface area contributed by atoms with E-state index in [2.05, 4.69) is 15.5 Å². The minimum atomic E-state index is -4.72. The number of fused-ring (bicyclic) bond motifs is 1. The van der Waals surface area contributed by atoms with Crippen LogP contribution < -0.4 is 44.7 Å². The van der Waals surface area contributed by atoms with E-state index in [1.165, 1.54) is 37.4 Å². The van der Waals surface area contributed by atoms with Gasteiger partial charge in [0.25, 0.3) is 16.0 Å². The number of hydrogen-bond acceptors (Lipinski definition) is 7. The van der Waals surface area contributed by atoms with E-state index in [0.29, 0.717) is 16.5 Å². The van der Waals surface area contributed by atoms with Crippen molar-refractivity contribution >= 4 is 67.1 Å². The molecular weight excluding hydrogens is 576 g/mol. The number of carbonyl (C=O) groups excluding carboxylic acids is 1. The van der Waals surface area contributed by atoms with Crippen molar-refractivity contribution in [2.45, 2.75) is 18.2 Å². The number of hydrogen-bond donors (Lipinski definition) is 2. The summed E-state index contributed by atoms with van der Waals surface area (Å²) in [7, 11) is -3.25. The van der Waals surface area contributed by atoms with Crippen molar-refractivity contribution in [2.24, 2.45) is 10.2 Å². The molecule has 4 rings (SSSR count). The number of aryl methyl sites for hydroxylation is 1. The minimum Gasteiger partial charge on any atom is -0.870 e. The molecule has 13 heteroatoms. The number of azo groups is 1. The second-order valence-corrected chi connectivity index (χ2v) is 10.2. The first kappa shape index (κ1) is 30.8. The fourth-order valence-electron chi connectivity index (χ4n) is 3.84. The Kier molecular flexibility index (Phi) is 10.0. The number of carbonyl (C=O) groups is 1. The van der Waals surface area contributed by atoms with Crippen molar-refractivity contribution in [1.82, 2.24) is 0 Å². The summed E-state index contributed by atoms with van der Waals surface area (Å²) in [6.45, 7) is 1.69. The van der Waals surface area contributed by atoms with Crippen molar-refractivity contribution in [3.05, 3.63) is 81.8 Å². The van der Waals surface area contributed by atoms with Crippen LogP contribution in [0.1, 0.15) is 22.8 Å². The van der Waals surface area contributed by atoms with Gasteiger partial charge in [0.2, 0.25) is 0 Å². The van der Waals surface area contributed by atoms with Gasteiger partial charge in [0.15, 0.2) is 0 Å². The van der Waals surface area contributed by atoms with Crippen LogP contribution in [0.4, 0.5) is 17.1 Å². The predicted molar refractivity (Wildman–Crippen MR) is 144 cm³/mol. The molecule has 1 amide bonds. The maximum Gasteiger partial charge on any atom is 1.00 e. The number of ether oxygens (including phenoxy) is 1. The smallest absolute Gasteiger partial charge is 0.870 e. The van der Waals surface area contributed by atoms with E-state index in [4.69, 9.17) is 27.9 Å². The van der Waals surface area contributed by atoms with Crippen LogP contribution in [-0.4, -0.2) is 26.0 Å². The average molecular weight is 596 g/mol. The molecule has 0 unspecified atom stereocenters. The van der Waals surface area contributed by atoms with Crippen LogP contribution in [0.5, 0.6) is 11.5 Å². The summed E-state index contributed by atoms with van der Waals surface area (Å²) in [5.74, 6) is -1.01. The minimum absolute atomic E-state index is 0. The Balaban J connectivity index is 0.00000420. The Morgan fingerprint density at radius 1 is 1.03 bits per heavy atom. The van der Waals surface area contributed by atoms with Crippen LogP contribution in [-0.2, 0) is 16.5 Å². The number of methoxy groups -OCH3 is 1. The van der Waals surface area contributed by atoms with Crippen molar-refractivity contribution in [3.63, 3.8) is 0 Å². The molecule has 9 nitrogen and oxygen atoms in total. The summed E-state index contributed by atoms with van der Waals surface area (Å²) in [4.78, 5) is 12.6. The van der Waals surface area contributed by atoms with Gasteiger partial charge in [0, 0.05) is 17.0 Å². The first-order chi connectivity index (χ1) is 18.0. The Morgan fingerprint density at radius 2 is 1.72 bits per heavy atom. The van der Waals surface area contributed by atoms with Crippen molar-refractivity contribution in [1.29, 1.82) is 0 Å². The maximum absolute atomic E-state index is 13.4. The third kappa shape index (κ3) is 6.55. The standard InChI is InChI=1S/C26H21Cl2N3O6S.Na/c1-3-14-8-10-19(27)23(25(14)38(34,35)36)31-30-22-17-7-5-4-6-15(17)12-18(24(22)32)26(33)29-21-11-9-16(37-2)13-20(21)28;/h4-13,32H,3H2,1-2H3,(H,29,33)(H,34,35,36);/q;+1/p-1. The number of rotatable bonds is 7. The summed E-state index contributed by atoms with van der Waals surface area (Å²) in [6.07, 6.45) is 0.258. The van der Waals surface area contributed by atoms with Gasteiger partial charge in [-0.2, -0.15) is 13.5 Å². The SMILES string of the molecule is CCc1ccc(Cl)c(N=Nc2c([O-])c(C(=O)Nc3ccc(OC)cc3Cl)cc3ccccc23)c1S(=O)(=O)O.[Na+]. The molecule has 0 bridgehead atoms. The second kappa shape index (κ2) is 12.6. The normalized spacial score (nSPS) is 11.4. The van der Waals surface area contributed by atoms with Gasteiger partial charge in [-0.3, -0.25) is 9.35 Å². The molecule has 0 spiro atoms. The number of benzene rings is 4. The predicted octanol–water partition coefficient (Wildman–Crippen LogP) is 3.71. The number of nitrogens with one attached hydrogen (secondary N) is 1. The summed E-state index contributed by atoms with van der Waals surface area (Å²) < 4.78 is 39.2. The van der Waals surface area contributed by atoms with Crippen LogP contribution in [0.25, 0.3) is 10.8 Å². The molecule has 196 valence electrons. The van der Waals surface area contributed by atoms with Crippen molar-refractivity contribution in [2.75, 3.05) is 12.4 Å². The molecule has 0 aromatic heterocycles. The molecule has 39 heavy (non-hydrogen) atoms. The fraction of sp³-hybridized carbons (Fsp3) is 0.115. The Morgan fingerprint density at radius 3 is 2.36 bits per heavy atom. The fourth-order valence-corrected chi connectivity index (χ4v) is 5.25. The third-order valence-electron chi connectivity index (χ3n) is 5.70. The van der Waals surface area contributed by atoms with Crippen LogP contribution in [0.2, 0.25) is 10.0 Å². The van der Waals surface area contributed by atoms with Gasteiger partial charge >= 0.3 is 29.6 Å². The maximum atomic E-state index is 13.4. The first-order valence-electron chi connectivity index (χ1n) is 11.1. The van der Waals surface area contributed by atoms with Gasteiger partial charge in [-0.15, -0.1) is 5.11 Å². The van der Waals surface area contributed by atoms with Crippen LogP contribution in [0.15, 0.2) is 75.8 Å². The van der Waals surface area contributed by atoms with Gasteiger partial charge in [-0.05, 0) is 41.6 Å². The topological polar surface area (TPSA) is 140 Å². The van der Waals surface area contributed by atoms with Crippen molar-refractivity contribution in [3.8, 4) is 11.5 Å². The van der Waals surface area contributed by atoms with Gasteiger partial charge in [0.05, 0.1) is 28.5 Å². The molecule has 0 heterocycles. The average Bonchev–Trinajstić information content (AvgIpc) is 2.88. The Labute approximate surface area is 256 Å². The Hall–Kier alpha value is -2.70. The zero-order chi connectivity index (χ0) is 27.6. The summed E-state index contributed by atoms with van der Waals surface area (Å²) in [6, 6.07) is 15.6. The van der Waals surface area contributed by atoms with E-state index >= 15 is 0 Å². The van der Waals surface area contributed by atoms with E-state index in [1.807, 2.05) is 0 Å². The third-order valence-corrected chi connectivity index (χ3v) is 7.29. The van der Waals surface area contributed by atoms with E-state index in [-0.39, 0.29) is 74.2 Å². The number of nitrogens with zero attached hydrogens (tertiary/aromatic N) is 2. The quantitative estimate of drug-likeness (QED) is 0.189. The van der Waals surface area contributed by atoms with E-state index in [1.54, 1.807) is 37.3 Å². The van der Waals surface area contributed by atoms with Crippen LogP contribution in [0, 0.1) is 0 Å². The molecule has 0 fully saturated rings. The van der Waals surface area contributed by atoms with Gasteiger partial charge in [-0.25, -0.2) is 0 Å². The van der Waals surface area contributed by atoms with Gasteiger partial charge < -0.3 is 15.2 Å². The van der Waals surface area contributed by atoms with Crippen molar-refractivity contribution < 1.29 is 57.2 Å². The monoisotopic (exact) mass is 595 g/mol. The Bertz CT molecular complexity index is 1710. The molecule has 4 aromatic carbocycles. The zero-order valence-corrected chi connectivity index (χ0v) is 25.4. The number of amides is 1. The van der Waals surface area contributed by atoms with Gasteiger partial charge in [-0.1, -0.05) is 66.2 Å². The molecule has 0 aliphatic rings. The van der Waals surface area contributed by atoms with E-state index in [9.17, 15) is 22.9 Å². The molecule has 0 saturated carbocycles. The summed E-state index contributed by atoms with van der Waals surface area (Å²) in [5, 5.41) is 25.0. The molecule has 0 aliphatic heterocycles. The van der Waals surface area contributed by atoms with Gasteiger partial charge in [0.1, 0.15) is 16.3 Å². The van der Waals surface area contributed by atoms with E-state index < -0.39 is 26.7 Å². The molecule has 0 aliphatic carbocycles.